The van der Waals surface area contributed by atoms with Gasteiger partial charge >= 0.3 is 5.97 Å². The van der Waals surface area contributed by atoms with Gasteiger partial charge in [-0.1, -0.05) is 35.8 Å². The van der Waals surface area contributed by atoms with Gasteiger partial charge in [-0.3, -0.25) is 0 Å². The van der Waals surface area contributed by atoms with Crippen molar-refractivity contribution in [2.24, 2.45) is 0 Å². The van der Waals surface area contributed by atoms with E-state index < -0.39 is 5.97 Å². The molecule has 19 heavy (non-hydrogen) atoms. The molecular weight excluding hydrogens is 237 g/mol. The van der Waals surface area contributed by atoms with E-state index in [2.05, 4.69) is 0 Å². The molecular formula is C15H14BNO2. The fraction of sp³-hybridized carbons (Fsp3) is 0.133. The van der Waals surface area contributed by atoms with Crippen LogP contribution in [-0.4, -0.2) is 33.0 Å². The Kier molecular flexibility index (Phi) is 3.60. The lowest BCUT2D eigenvalue weighted by Gasteiger charge is -2.15. The molecule has 0 heterocycles. The van der Waals surface area contributed by atoms with Gasteiger partial charge in [-0.05, 0) is 23.3 Å². The molecule has 0 aromatic heterocycles. The number of nitrogens with zero attached hydrogens (tertiary/aromatic N) is 1. The summed E-state index contributed by atoms with van der Waals surface area (Å²) < 4.78 is 0. The number of carboxylic acid groups (broad SMARTS) is 1. The van der Waals surface area contributed by atoms with Gasteiger partial charge in [0.25, 0.3) is 0 Å². The Morgan fingerprint density at radius 2 is 1.74 bits per heavy atom. The highest BCUT2D eigenvalue weighted by molar-refractivity contribution is 6.32. The molecule has 2 aromatic carbocycles. The first kappa shape index (κ1) is 13.2. The molecule has 4 heteroatoms. The molecule has 0 unspecified atom stereocenters. The lowest BCUT2D eigenvalue weighted by Crippen LogP contribution is -2.10. The second-order valence-corrected chi connectivity index (χ2v) is 4.55. The average molecular weight is 251 g/mol. The van der Waals surface area contributed by atoms with Crippen LogP contribution in [0.4, 0.5) is 5.69 Å². The van der Waals surface area contributed by atoms with E-state index in [0.717, 1.165) is 11.3 Å². The normalized spacial score (nSPS) is 10.2. The largest absolute Gasteiger partial charge is 0.478 e. The van der Waals surface area contributed by atoms with Gasteiger partial charge in [0.2, 0.25) is 0 Å². The quantitative estimate of drug-likeness (QED) is 0.847. The Labute approximate surface area is 113 Å². The summed E-state index contributed by atoms with van der Waals surface area (Å²) in [5, 5.41) is 9.34. The van der Waals surface area contributed by atoms with Gasteiger partial charge < -0.3 is 10.0 Å². The lowest BCUT2D eigenvalue weighted by molar-refractivity contribution is 0.0698. The monoisotopic (exact) mass is 251 g/mol. The molecule has 2 rings (SSSR count). The van der Waals surface area contributed by atoms with Crippen molar-refractivity contribution in [1.29, 1.82) is 0 Å². The van der Waals surface area contributed by atoms with Crippen molar-refractivity contribution in [3.8, 4) is 11.1 Å². The maximum absolute atomic E-state index is 11.4. The van der Waals surface area contributed by atoms with Crippen molar-refractivity contribution >= 4 is 25.0 Å². The van der Waals surface area contributed by atoms with Crippen molar-refractivity contribution in [2.75, 3.05) is 19.0 Å². The summed E-state index contributed by atoms with van der Waals surface area (Å²) in [4.78, 5) is 13.3. The zero-order valence-electron chi connectivity index (χ0n) is 10.9. The number of rotatable bonds is 3. The van der Waals surface area contributed by atoms with E-state index in [9.17, 15) is 9.90 Å². The maximum atomic E-state index is 11.4. The summed E-state index contributed by atoms with van der Waals surface area (Å²) in [6.07, 6.45) is 0. The van der Waals surface area contributed by atoms with E-state index in [4.69, 9.17) is 7.85 Å². The molecule has 0 spiro atoms. The summed E-state index contributed by atoms with van der Waals surface area (Å²) in [6, 6.07) is 12.6. The Bertz CT molecular complexity index is 606. The van der Waals surface area contributed by atoms with Crippen molar-refractivity contribution in [1.82, 2.24) is 0 Å². The van der Waals surface area contributed by atoms with Crippen LogP contribution < -0.4 is 10.4 Å². The summed E-state index contributed by atoms with van der Waals surface area (Å²) in [5.74, 6) is -0.935. The standard InChI is InChI=1S/C15H14BNO2/c1-17(2)12-7-8-13(14(9-12)15(18)19)10-3-5-11(16)6-4-10/h3-9H,1-2H3,(H,18,19). The third kappa shape index (κ3) is 2.79. The van der Waals surface area contributed by atoms with Crippen LogP contribution in [0.2, 0.25) is 0 Å². The first-order valence-corrected chi connectivity index (χ1v) is 5.89. The summed E-state index contributed by atoms with van der Waals surface area (Å²) >= 11 is 0. The van der Waals surface area contributed by atoms with Crippen LogP contribution in [-0.2, 0) is 0 Å². The van der Waals surface area contributed by atoms with Gasteiger partial charge in [0.1, 0.15) is 7.85 Å². The van der Waals surface area contributed by atoms with Gasteiger partial charge in [-0.25, -0.2) is 4.79 Å². The second kappa shape index (κ2) is 5.18. The summed E-state index contributed by atoms with van der Waals surface area (Å²) in [6.45, 7) is 0. The molecule has 2 aromatic rings. The molecule has 0 aliphatic heterocycles. The van der Waals surface area contributed by atoms with Crippen molar-refractivity contribution in [3.05, 3.63) is 48.0 Å². The molecule has 0 aliphatic rings. The molecule has 0 aliphatic carbocycles. The summed E-state index contributed by atoms with van der Waals surface area (Å²) in [5.41, 5.74) is 3.34. The van der Waals surface area contributed by atoms with Crippen LogP contribution in [0.3, 0.4) is 0 Å². The van der Waals surface area contributed by atoms with Gasteiger partial charge in [0.05, 0.1) is 5.56 Å². The highest BCUT2D eigenvalue weighted by atomic mass is 16.4. The number of hydrogen-bond donors (Lipinski definition) is 1. The van der Waals surface area contributed by atoms with E-state index in [1.807, 2.05) is 43.3 Å². The van der Waals surface area contributed by atoms with Crippen LogP contribution in [0.15, 0.2) is 42.5 Å². The summed E-state index contributed by atoms with van der Waals surface area (Å²) in [7, 11) is 9.40. The Morgan fingerprint density at radius 3 is 2.26 bits per heavy atom. The first-order chi connectivity index (χ1) is 8.99. The van der Waals surface area contributed by atoms with Crippen molar-refractivity contribution in [2.45, 2.75) is 0 Å². The number of carbonyl (C=O) groups is 1. The van der Waals surface area contributed by atoms with E-state index >= 15 is 0 Å². The number of hydrogen-bond acceptors (Lipinski definition) is 2. The number of anilines is 1. The van der Waals surface area contributed by atoms with Crippen LogP contribution in [0.5, 0.6) is 0 Å². The topological polar surface area (TPSA) is 40.5 Å². The molecule has 94 valence electrons. The smallest absolute Gasteiger partial charge is 0.336 e. The van der Waals surface area contributed by atoms with Gasteiger partial charge in [-0.15, -0.1) is 0 Å². The van der Waals surface area contributed by atoms with E-state index in [1.54, 1.807) is 18.2 Å². The highest BCUT2D eigenvalue weighted by Gasteiger charge is 2.13. The lowest BCUT2D eigenvalue weighted by atomic mass is 9.92. The molecule has 1 N–H and O–H groups in total. The minimum Gasteiger partial charge on any atom is -0.478 e. The minimum absolute atomic E-state index is 0.288. The van der Waals surface area contributed by atoms with Crippen LogP contribution in [0, 0.1) is 0 Å². The zero-order chi connectivity index (χ0) is 14.0. The fourth-order valence-corrected chi connectivity index (χ4v) is 1.90. The Balaban J connectivity index is 2.56. The van der Waals surface area contributed by atoms with Gasteiger partial charge in [0, 0.05) is 19.8 Å². The molecule has 0 amide bonds. The Morgan fingerprint density at radius 1 is 1.11 bits per heavy atom. The molecule has 0 fully saturated rings. The third-order valence-electron chi connectivity index (χ3n) is 2.97. The first-order valence-electron chi connectivity index (χ1n) is 5.89. The molecule has 0 saturated carbocycles. The predicted molar refractivity (Wildman–Crippen MR) is 78.6 cm³/mol. The highest BCUT2D eigenvalue weighted by Crippen LogP contribution is 2.27. The molecule has 3 nitrogen and oxygen atoms in total. The van der Waals surface area contributed by atoms with Crippen LogP contribution in [0.1, 0.15) is 10.4 Å². The van der Waals surface area contributed by atoms with Gasteiger partial charge in [0.15, 0.2) is 0 Å². The van der Waals surface area contributed by atoms with Crippen molar-refractivity contribution < 1.29 is 9.90 Å². The average Bonchev–Trinajstić information content (AvgIpc) is 2.38. The SMILES string of the molecule is [B]c1ccc(-c2ccc(N(C)C)cc2C(=O)O)cc1. The second-order valence-electron chi connectivity index (χ2n) is 4.55. The van der Waals surface area contributed by atoms with Crippen LogP contribution >= 0.6 is 0 Å². The minimum atomic E-state index is -0.935. The predicted octanol–water partition coefficient (Wildman–Crippen LogP) is 1.91. The fourth-order valence-electron chi connectivity index (χ4n) is 1.90. The molecule has 0 bridgehead atoms. The zero-order valence-corrected chi connectivity index (χ0v) is 10.9. The Hall–Kier alpha value is -2.23. The molecule has 0 atom stereocenters. The van der Waals surface area contributed by atoms with E-state index in [1.165, 1.54) is 0 Å². The molecule has 0 saturated heterocycles. The van der Waals surface area contributed by atoms with Crippen molar-refractivity contribution in [3.63, 3.8) is 0 Å². The van der Waals surface area contributed by atoms with E-state index in [-0.39, 0.29) is 5.56 Å². The number of carboxylic acids is 1. The van der Waals surface area contributed by atoms with Crippen LogP contribution in [0.25, 0.3) is 11.1 Å². The van der Waals surface area contributed by atoms with Gasteiger partial charge in [-0.2, -0.15) is 0 Å². The number of benzene rings is 2. The van der Waals surface area contributed by atoms with E-state index in [0.29, 0.717) is 11.0 Å². The molecule has 2 radical (unpaired) electrons. The third-order valence-corrected chi connectivity index (χ3v) is 2.97. The maximum Gasteiger partial charge on any atom is 0.336 e. The number of aromatic carboxylic acids is 1.